The van der Waals surface area contributed by atoms with Gasteiger partial charge in [-0.2, -0.15) is 5.10 Å². The van der Waals surface area contributed by atoms with Gasteiger partial charge in [0.1, 0.15) is 3.70 Å². The maximum atomic E-state index is 4.47. The van der Waals surface area contributed by atoms with E-state index in [1.807, 2.05) is 4.68 Å². The molecule has 0 fully saturated rings. The normalized spacial score (nSPS) is 10.8. The molecule has 1 heterocycles. The number of hydrogen-bond acceptors (Lipinski definition) is 1. The first-order chi connectivity index (χ1) is 7.54. The van der Waals surface area contributed by atoms with Gasteiger partial charge in [0.15, 0.2) is 0 Å². The third-order valence-electron chi connectivity index (χ3n) is 2.51. The predicted molar refractivity (Wildman–Crippen MR) is 74.7 cm³/mol. The highest BCUT2D eigenvalue weighted by Gasteiger charge is 2.02. The lowest BCUT2D eigenvalue weighted by Crippen LogP contribution is -2.01. The van der Waals surface area contributed by atoms with E-state index < -0.39 is 0 Å². The first kappa shape index (κ1) is 11.6. The van der Waals surface area contributed by atoms with E-state index in [2.05, 4.69) is 72.9 Å². The van der Waals surface area contributed by atoms with Crippen molar-refractivity contribution in [1.29, 1.82) is 0 Å². The zero-order chi connectivity index (χ0) is 11.7. The summed E-state index contributed by atoms with van der Waals surface area (Å²) in [4.78, 5) is 0. The van der Waals surface area contributed by atoms with Crippen LogP contribution in [0.1, 0.15) is 22.3 Å². The van der Waals surface area contributed by atoms with Gasteiger partial charge in [-0.3, -0.25) is 4.68 Å². The molecule has 0 unspecified atom stereocenters. The van der Waals surface area contributed by atoms with Crippen molar-refractivity contribution in [1.82, 2.24) is 9.78 Å². The number of halogens is 1. The SMILES string of the molecule is Cc1cc(C)cc(Cn2cc(C)c(I)n2)c1. The van der Waals surface area contributed by atoms with Crippen molar-refractivity contribution in [2.24, 2.45) is 0 Å². The van der Waals surface area contributed by atoms with E-state index in [0.717, 1.165) is 10.2 Å². The van der Waals surface area contributed by atoms with E-state index in [-0.39, 0.29) is 0 Å². The lowest BCUT2D eigenvalue weighted by atomic mass is 10.1. The molecule has 3 heteroatoms. The van der Waals surface area contributed by atoms with Crippen LogP contribution < -0.4 is 0 Å². The number of rotatable bonds is 2. The fraction of sp³-hybridized carbons (Fsp3) is 0.308. The highest BCUT2D eigenvalue weighted by Crippen LogP contribution is 2.12. The Morgan fingerprint density at radius 3 is 2.25 bits per heavy atom. The summed E-state index contributed by atoms with van der Waals surface area (Å²) >= 11 is 2.27. The molecule has 2 rings (SSSR count). The van der Waals surface area contributed by atoms with Crippen LogP contribution in [0.4, 0.5) is 0 Å². The minimum absolute atomic E-state index is 0.854. The zero-order valence-corrected chi connectivity index (χ0v) is 11.9. The lowest BCUT2D eigenvalue weighted by molar-refractivity contribution is 0.680. The van der Waals surface area contributed by atoms with E-state index in [0.29, 0.717) is 0 Å². The molecule has 0 bridgehead atoms. The van der Waals surface area contributed by atoms with Crippen LogP contribution in [0.5, 0.6) is 0 Å². The summed E-state index contributed by atoms with van der Waals surface area (Å²) in [5.41, 5.74) is 5.18. The summed E-state index contributed by atoms with van der Waals surface area (Å²) in [7, 11) is 0. The van der Waals surface area contributed by atoms with Crippen molar-refractivity contribution in [3.63, 3.8) is 0 Å². The Morgan fingerprint density at radius 1 is 1.12 bits per heavy atom. The Kier molecular flexibility index (Phi) is 3.33. The summed E-state index contributed by atoms with van der Waals surface area (Å²) in [6, 6.07) is 6.63. The Bertz CT molecular complexity index is 475. The number of aromatic nitrogens is 2. The number of aryl methyl sites for hydroxylation is 3. The Balaban J connectivity index is 2.26. The third-order valence-corrected chi connectivity index (χ3v) is 3.58. The van der Waals surface area contributed by atoms with E-state index in [1.54, 1.807) is 0 Å². The van der Waals surface area contributed by atoms with Gasteiger partial charge in [-0.25, -0.2) is 0 Å². The number of benzene rings is 1. The fourth-order valence-electron chi connectivity index (χ4n) is 1.93. The van der Waals surface area contributed by atoms with Gasteiger partial charge in [0.25, 0.3) is 0 Å². The quantitative estimate of drug-likeness (QED) is 0.773. The fourth-order valence-corrected chi connectivity index (χ4v) is 2.34. The molecule has 0 amide bonds. The van der Waals surface area contributed by atoms with Crippen molar-refractivity contribution in [2.75, 3.05) is 0 Å². The maximum absolute atomic E-state index is 4.47. The molecule has 0 saturated carbocycles. The third kappa shape index (κ3) is 2.64. The van der Waals surface area contributed by atoms with E-state index >= 15 is 0 Å². The van der Waals surface area contributed by atoms with E-state index in [1.165, 1.54) is 22.3 Å². The van der Waals surface area contributed by atoms with Gasteiger partial charge in [-0.05, 0) is 48.9 Å². The molecular weight excluding hydrogens is 311 g/mol. The van der Waals surface area contributed by atoms with Crippen LogP contribution in [0.25, 0.3) is 0 Å². The van der Waals surface area contributed by atoms with E-state index in [9.17, 15) is 0 Å². The summed E-state index contributed by atoms with van der Waals surface area (Å²) < 4.78 is 3.09. The van der Waals surface area contributed by atoms with Crippen LogP contribution in [0.3, 0.4) is 0 Å². The molecule has 0 radical (unpaired) electrons. The Morgan fingerprint density at radius 2 is 1.75 bits per heavy atom. The molecule has 0 saturated heterocycles. The Labute approximate surface area is 110 Å². The predicted octanol–water partition coefficient (Wildman–Crippen LogP) is 3.46. The van der Waals surface area contributed by atoms with Crippen LogP contribution in [0.2, 0.25) is 0 Å². The molecule has 1 aromatic heterocycles. The molecule has 2 nitrogen and oxygen atoms in total. The van der Waals surface area contributed by atoms with Crippen LogP contribution >= 0.6 is 22.6 Å². The second-order valence-electron chi connectivity index (χ2n) is 4.30. The summed E-state index contributed by atoms with van der Waals surface area (Å²) in [6.07, 6.45) is 2.10. The standard InChI is InChI=1S/C13H15IN2/c1-9-4-10(2)6-12(5-9)8-16-7-11(3)13(14)15-16/h4-7H,8H2,1-3H3. The van der Waals surface area contributed by atoms with Crippen LogP contribution in [-0.2, 0) is 6.54 Å². The molecule has 0 aliphatic heterocycles. The van der Waals surface area contributed by atoms with Gasteiger partial charge < -0.3 is 0 Å². The summed E-state index contributed by atoms with van der Waals surface area (Å²) in [5.74, 6) is 0. The smallest absolute Gasteiger partial charge is 0.126 e. The van der Waals surface area contributed by atoms with Crippen LogP contribution in [0.15, 0.2) is 24.4 Å². The molecule has 0 aliphatic carbocycles. The van der Waals surface area contributed by atoms with Gasteiger partial charge in [0.05, 0.1) is 6.54 Å². The molecule has 84 valence electrons. The van der Waals surface area contributed by atoms with Gasteiger partial charge >= 0.3 is 0 Å². The van der Waals surface area contributed by atoms with Crippen molar-refractivity contribution < 1.29 is 0 Å². The van der Waals surface area contributed by atoms with Crippen molar-refractivity contribution in [3.8, 4) is 0 Å². The highest BCUT2D eigenvalue weighted by molar-refractivity contribution is 14.1. The molecule has 1 aromatic carbocycles. The van der Waals surface area contributed by atoms with Gasteiger partial charge in [-0.1, -0.05) is 29.3 Å². The molecule has 2 aromatic rings. The minimum Gasteiger partial charge on any atom is -0.267 e. The first-order valence-corrected chi connectivity index (χ1v) is 6.39. The molecule has 0 N–H and O–H groups in total. The van der Waals surface area contributed by atoms with Crippen LogP contribution in [0, 0.1) is 24.5 Å². The molecule has 0 atom stereocenters. The van der Waals surface area contributed by atoms with Crippen molar-refractivity contribution >= 4 is 22.6 Å². The van der Waals surface area contributed by atoms with Crippen molar-refractivity contribution in [2.45, 2.75) is 27.3 Å². The molecule has 0 spiro atoms. The topological polar surface area (TPSA) is 17.8 Å². The Hall–Kier alpha value is -0.840. The van der Waals surface area contributed by atoms with Crippen molar-refractivity contribution in [3.05, 3.63) is 50.4 Å². The van der Waals surface area contributed by atoms with Gasteiger partial charge in [-0.15, -0.1) is 0 Å². The molecule has 0 aliphatic rings. The zero-order valence-electron chi connectivity index (χ0n) is 9.79. The second kappa shape index (κ2) is 4.57. The second-order valence-corrected chi connectivity index (χ2v) is 5.32. The first-order valence-electron chi connectivity index (χ1n) is 5.31. The minimum atomic E-state index is 0.854. The lowest BCUT2D eigenvalue weighted by Gasteiger charge is -2.05. The maximum Gasteiger partial charge on any atom is 0.126 e. The average molecular weight is 326 g/mol. The monoisotopic (exact) mass is 326 g/mol. The number of nitrogens with zero attached hydrogens (tertiary/aromatic N) is 2. The molecular formula is C13H15IN2. The summed E-state index contributed by atoms with van der Waals surface area (Å²) in [5, 5.41) is 4.47. The number of hydrogen-bond donors (Lipinski definition) is 0. The van der Waals surface area contributed by atoms with E-state index in [4.69, 9.17) is 0 Å². The highest BCUT2D eigenvalue weighted by atomic mass is 127. The summed E-state index contributed by atoms with van der Waals surface area (Å²) in [6.45, 7) is 7.21. The largest absolute Gasteiger partial charge is 0.267 e. The average Bonchev–Trinajstić information content (AvgIpc) is 2.43. The molecule has 16 heavy (non-hydrogen) atoms. The van der Waals surface area contributed by atoms with Crippen LogP contribution in [-0.4, -0.2) is 9.78 Å². The van der Waals surface area contributed by atoms with Gasteiger partial charge in [0, 0.05) is 11.8 Å². The van der Waals surface area contributed by atoms with Gasteiger partial charge in [0.2, 0.25) is 0 Å².